The van der Waals surface area contributed by atoms with E-state index in [-0.39, 0.29) is 21.8 Å². The van der Waals surface area contributed by atoms with E-state index in [2.05, 4.69) is 4.98 Å². The van der Waals surface area contributed by atoms with Gasteiger partial charge in [-0.25, -0.2) is 8.78 Å². The molecular weight excluding hydrogens is 454 g/mol. The molecule has 2 heterocycles. The van der Waals surface area contributed by atoms with Gasteiger partial charge < -0.3 is 9.84 Å². The van der Waals surface area contributed by atoms with Gasteiger partial charge in [0.05, 0.1) is 23.2 Å². The molecule has 0 saturated carbocycles. The Hall–Kier alpha value is -3.78. The van der Waals surface area contributed by atoms with E-state index in [1.165, 1.54) is 30.6 Å². The van der Waals surface area contributed by atoms with Gasteiger partial charge in [0.1, 0.15) is 11.5 Å². The van der Waals surface area contributed by atoms with Crippen LogP contribution >= 0.6 is 11.6 Å². The molecule has 1 amide bonds. The molecular formula is C24H17ClF2N2O4. The van der Waals surface area contributed by atoms with Crippen LogP contribution in [-0.2, 0) is 9.59 Å². The summed E-state index contributed by atoms with van der Waals surface area (Å²) in [6, 6.07) is 9.41. The van der Waals surface area contributed by atoms with Crippen LogP contribution in [-0.4, -0.2) is 28.4 Å². The number of halogens is 3. The monoisotopic (exact) mass is 470 g/mol. The van der Waals surface area contributed by atoms with Crippen molar-refractivity contribution in [3.63, 3.8) is 0 Å². The number of aliphatic hydroxyl groups is 1. The average molecular weight is 471 g/mol. The lowest BCUT2D eigenvalue weighted by atomic mass is 9.96. The second-order valence-corrected chi connectivity index (χ2v) is 7.54. The molecule has 1 fully saturated rings. The topological polar surface area (TPSA) is 79.7 Å². The highest BCUT2D eigenvalue weighted by Crippen LogP contribution is 2.43. The Morgan fingerprint density at radius 2 is 1.94 bits per heavy atom. The van der Waals surface area contributed by atoms with E-state index in [1.807, 2.05) is 0 Å². The van der Waals surface area contributed by atoms with Crippen LogP contribution < -0.4 is 9.64 Å². The fourth-order valence-corrected chi connectivity index (χ4v) is 3.88. The van der Waals surface area contributed by atoms with E-state index in [0.29, 0.717) is 17.9 Å². The second kappa shape index (κ2) is 8.99. The summed E-state index contributed by atoms with van der Waals surface area (Å²) in [6.07, 6.45) is 2.91. The second-order valence-electron chi connectivity index (χ2n) is 7.13. The van der Waals surface area contributed by atoms with Crippen molar-refractivity contribution in [1.82, 2.24) is 4.98 Å². The van der Waals surface area contributed by atoms with Gasteiger partial charge in [-0.2, -0.15) is 0 Å². The molecule has 2 aromatic carbocycles. The van der Waals surface area contributed by atoms with Crippen LogP contribution in [0.4, 0.5) is 14.5 Å². The third kappa shape index (κ3) is 4.05. The number of benzene rings is 2. The first-order chi connectivity index (χ1) is 15.8. The molecule has 0 aliphatic carbocycles. The van der Waals surface area contributed by atoms with Crippen LogP contribution in [0.25, 0.3) is 5.76 Å². The molecule has 1 unspecified atom stereocenters. The summed E-state index contributed by atoms with van der Waals surface area (Å²) in [4.78, 5) is 31.1. The van der Waals surface area contributed by atoms with E-state index in [1.54, 1.807) is 25.1 Å². The molecule has 1 aliphatic rings. The third-order valence-corrected chi connectivity index (χ3v) is 5.46. The van der Waals surface area contributed by atoms with Crippen LogP contribution in [0.1, 0.15) is 24.1 Å². The third-order valence-electron chi connectivity index (χ3n) is 5.13. The van der Waals surface area contributed by atoms with Crippen molar-refractivity contribution in [2.75, 3.05) is 11.5 Å². The number of carbonyl (C=O) groups excluding carboxylic acids is 2. The minimum atomic E-state index is -1.19. The number of anilines is 1. The van der Waals surface area contributed by atoms with Gasteiger partial charge in [0.25, 0.3) is 11.7 Å². The summed E-state index contributed by atoms with van der Waals surface area (Å²) in [5.41, 5.74) is 0.131. The number of rotatable bonds is 5. The van der Waals surface area contributed by atoms with E-state index < -0.39 is 35.1 Å². The van der Waals surface area contributed by atoms with Gasteiger partial charge in [0, 0.05) is 29.7 Å². The van der Waals surface area contributed by atoms with Gasteiger partial charge in [0.15, 0.2) is 11.6 Å². The number of hydrogen-bond donors (Lipinski definition) is 1. The first-order valence-electron chi connectivity index (χ1n) is 9.92. The Morgan fingerprint density at radius 3 is 2.61 bits per heavy atom. The molecule has 9 heteroatoms. The molecule has 6 nitrogen and oxygen atoms in total. The normalized spacial score (nSPS) is 17.5. The van der Waals surface area contributed by atoms with Gasteiger partial charge in [-0.05, 0) is 48.9 Å². The van der Waals surface area contributed by atoms with Crippen LogP contribution in [0.15, 0.2) is 66.5 Å². The number of carbonyl (C=O) groups is 2. The minimum absolute atomic E-state index is 0.0573. The SMILES string of the molecule is CCOc1ccc(Cl)c(/C(O)=C2\C(=O)C(=O)N(c3ccc(F)c(F)c3)C2c2cccnc2)c1. The molecule has 168 valence electrons. The standard InChI is InChI=1S/C24H17ClF2N2O4/c1-2-33-15-6-7-17(25)16(11-15)22(30)20-21(13-4-3-9-28-12-13)29(24(32)23(20)31)14-5-8-18(26)19(27)10-14/h3-12,21,30H,2H2,1H3/b22-20+. The molecule has 33 heavy (non-hydrogen) atoms. The van der Waals surface area contributed by atoms with Crippen LogP contribution in [0, 0.1) is 11.6 Å². The Morgan fingerprint density at radius 1 is 1.15 bits per heavy atom. The molecule has 1 aliphatic heterocycles. The number of ether oxygens (including phenoxy) is 1. The van der Waals surface area contributed by atoms with E-state index in [0.717, 1.165) is 17.0 Å². The van der Waals surface area contributed by atoms with E-state index in [9.17, 15) is 23.5 Å². The van der Waals surface area contributed by atoms with Crippen molar-refractivity contribution < 1.29 is 28.2 Å². The van der Waals surface area contributed by atoms with Crippen molar-refractivity contribution >= 4 is 34.7 Å². The number of aliphatic hydroxyl groups excluding tert-OH is 1. The van der Waals surface area contributed by atoms with Gasteiger partial charge in [0.2, 0.25) is 0 Å². The van der Waals surface area contributed by atoms with Crippen LogP contribution in [0.2, 0.25) is 5.02 Å². The predicted molar refractivity (Wildman–Crippen MR) is 118 cm³/mol. The van der Waals surface area contributed by atoms with Crippen LogP contribution in [0.3, 0.4) is 0 Å². The summed E-state index contributed by atoms with van der Waals surface area (Å²) in [6.45, 7) is 2.14. The van der Waals surface area contributed by atoms with Crippen molar-refractivity contribution in [1.29, 1.82) is 0 Å². The molecule has 1 aromatic heterocycles. The molecule has 0 spiro atoms. The lowest BCUT2D eigenvalue weighted by molar-refractivity contribution is -0.132. The zero-order valence-electron chi connectivity index (χ0n) is 17.3. The lowest BCUT2D eigenvalue weighted by Gasteiger charge is -2.25. The van der Waals surface area contributed by atoms with Gasteiger partial charge >= 0.3 is 0 Å². The summed E-state index contributed by atoms with van der Waals surface area (Å²) >= 11 is 6.28. The van der Waals surface area contributed by atoms with E-state index >= 15 is 0 Å². The molecule has 0 radical (unpaired) electrons. The van der Waals surface area contributed by atoms with Crippen molar-refractivity contribution in [2.45, 2.75) is 13.0 Å². The maximum Gasteiger partial charge on any atom is 0.300 e. The fraction of sp³-hybridized carbons (Fsp3) is 0.125. The fourth-order valence-electron chi connectivity index (χ4n) is 3.67. The minimum Gasteiger partial charge on any atom is -0.507 e. The van der Waals surface area contributed by atoms with Gasteiger partial charge in [-0.15, -0.1) is 0 Å². The molecule has 0 bridgehead atoms. The Kier molecular flexibility index (Phi) is 6.11. The predicted octanol–water partition coefficient (Wildman–Crippen LogP) is 5.04. The van der Waals surface area contributed by atoms with Crippen molar-refractivity contribution in [3.8, 4) is 5.75 Å². The summed E-state index contributed by atoms with van der Waals surface area (Å²) in [7, 11) is 0. The molecule has 3 aromatic rings. The maximum absolute atomic E-state index is 14.0. The van der Waals surface area contributed by atoms with Gasteiger partial charge in [-0.1, -0.05) is 17.7 Å². The molecule has 1 saturated heterocycles. The van der Waals surface area contributed by atoms with E-state index in [4.69, 9.17) is 16.3 Å². The lowest BCUT2D eigenvalue weighted by Crippen LogP contribution is -2.29. The number of amides is 1. The number of ketones is 1. The number of pyridine rings is 1. The van der Waals surface area contributed by atoms with Crippen molar-refractivity contribution in [3.05, 3.63) is 94.3 Å². The average Bonchev–Trinajstić information content (AvgIpc) is 3.08. The van der Waals surface area contributed by atoms with Gasteiger partial charge in [-0.3, -0.25) is 19.5 Å². The van der Waals surface area contributed by atoms with Crippen molar-refractivity contribution in [2.24, 2.45) is 0 Å². The summed E-state index contributed by atoms with van der Waals surface area (Å²) in [5, 5.41) is 11.3. The number of nitrogens with zero attached hydrogens (tertiary/aromatic N) is 2. The Bertz CT molecular complexity index is 1280. The van der Waals surface area contributed by atoms with Crippen LogP contribution in [0.5, 0.6) is 5.75 Å². The summed E-state index contributed by atoms with van der Waals surface area (Å²) < 4.78 is 32.9. The smallest absolute Gasteiger partial charge is 0.300 e. The Balaban J connectivity index is 1.95. The highest BCUT2D eigenvalue weighted by molar-refractivity contribution is 6.52. The molecule has 1 atom stereocenters. The maximum atomic E-state index is 14.0. The zero-order chi connectivity index (χ0) is 23.7. The highest BCUT2D eigenvalue weighted by Gasteiger charge is 2.47. The first-order valence-corrected chi connectivity index (χ1v) is 10.3. The molecule has 4 rings (SSSR count). The zero-order valence-corrected chi connectivity index (χ0v) is 18.0. The quantitative estimate of drug-likeness (QED) is 0.321. The summed E-state index contributed by atoms with van der Waals surface area (Å²) in [5.74, 6) is -4.45. The number of Topliss-reactive ketones (excluding diaryl/α,β-unsaturated/α-hetero) is 1. The number of aromatic nitrogens is 1. The largest absolute Gasteiger partial charge is 0.507 e. The first kappa shape index (κ1) is 22.4. The highest BCUT2D eigenvalue weighted by atomic mass is 35.5. The Labute approximate surface area is 192 Å². The molecule has 1 N–H and O–H groups in total. The number of hydrogen-bond acceptors (Lipinski definition) is 5.